The lowest BCUT2D eigenvalue weighted by Gasteiger charge is -2.07. The summed E-state index contributed by atoms with van der Waals surface area (Å²) in [7, 11) is 1.54. The zero-order valence-corrected chi connectivity index (χ0v) is 7.97. The zero-order valence-electron chi connectivity index (χ0n) is 6.46. The van der Waals surface area contributed by atoms with Crippen LogP contribution in [0, 0.1) is 0 Å². The van der Waals surface area contributed by atoms with Gasteiger partial charge in [0, 0.05) is 13.2 Å². The van der Waals surface area contributed by atoms with E-state index < -0.39 is 0 Å². The summed E-state index contributed by atoms with van der Waals surface area (Å²) in [5, 5.41) is 10.6. The zero-order chi connectivity index (χ0) is 9.14. The molecule has 12 heavy (non-hydrogen) atoms. The van der Waals surface area contributed by atoms with Crippen LogP contribution in [0.4, 0.5) is 0 Å². The van der Waals surface area contributed by atoms with Crippen LogP contribution in [0.25, 0.3) is 0 Å². The fourth-order valence-electron chi connectivity index (χ4n) is 0.812. The van der Waals surface area contributed by atoms with Crippen LogP contribution in [0.5, 0.6) is 0 Å². The maximum absolute atomic E-state index is 8.90. The van der Waals surface area contributed by atoms with Crippen LogP contribution < -0.4 is 0 Å². The molecule has 1 aromatic rings. The second kappa shape index (κ2) is 4.05. The molecular formula is C7H8Cl2N2O. The van der Waals surface area contributed by atoms with Crippen molar-refractivity contribution in [1.82, 2.24) is 10.0 Å². The summed E-state index contributed by atoms with van der Waals surface area (Å²) in [5.74, 6) is 0. The van der Waals surface area contributed by atoms with Gasteiger partial charge >= 0.3 is 0 Å². The van der Waals surface area contributed by atoms with Gasteiger partial charge in [0.15, 0.2) is 0 Å². The number of hydrogen-bond acceptors (Lipinski definition) is 3. The molecular weight excluding hydrogens is 199 g/mol. The quantitative estimate of drug-likeness (QED) is 0.596. The van der Waals surface area contributed by atoms with Crippen LogP contribution in [0.1, 0.15) is 5.56 Å². The maximum atomic E-state index is 8.90. The molecule has 0 saturated heterocycles. The first-order valence-electron chi connectivity index (χ1n) is 3.29. The Morgan fingerprint density at radius 2 is 2.25 bits per heavy atom. The fraction of sp³-hybridized carbons (Fsp3) is 0.286. The lowest BCUT2D eigenvalue weighted by molar-refractivity contribution is -0.0732. The summed E-state index contributed by atoms with van der Waals surface area (Å²) in [6.07, 6.45) is 1.57. The van der Waals surface area contributed by atoms with Crippen molar-refractivity contribution >= 4 is 23.2 Å². The van der Waals surface area contributed by atoms with Gasteiger partial charge in [-0.25, -0.2) is 4.98 Å². The van der Waals surface area contributed by atoms with Gasteiger partial charge in [-0.15, -0.1) is 0 Å². The standard InChI is InChI=1S/C7H8Cl2N2O/c1-11(12)4-5-2-6(8)7(9)10-3-5/h2-3,12H,4H2,1H3. The summed E-state index contributed by atoms with van der Waals surface area (Å²) in [6.45, 7) is 0.379. The summed E-state index contributed by atoms with van der Waals surface area (Å²) in [6, 6.07) is 1.67. The highest BCUT2D eigenvalue weighted by Gasteiger charge is 2.01. The summed E-state index contributed by atoms with van der Waals surface area (Å²) in [4.78, 5) is 3.83. The van der Waals surface area contributed by atoms with E-state index in [1.165, 1.54) is 0 Å². The van der Waals surface area contributed by atoms with Crippen LogP contribution in [0.15, 0.2) is 12.3 Å². The molecule has 0 radical (unpaired) electrons. The van der Waals surface area contributed by atoms with Gasteiger partial charge in [0.2, 0.25) is 0 Å². The van der Waals surface area contributed by atoms with Crippen molar-refractivity contribution < 1.29 is 5.21 Å². The van der Waals surface area contributed by atoms with Gasteiger partial charge in [-0.05, 0) is 11.6 Å². The van der Waals surface area contributed by atoms with Crippen molar-refractivity contribution in [2.45, 2.75) is 6.54 Å². The van der Waals surface area contributed by atoms with E-state index in [0.29, 0.717) is 11.6 Å². The molecule has 1 aromatic heterocycles. The van der Waals surface area contributed by atoms with Crippen LogP contribution in [-0.2, 0) is 6.54 Å². The van der Waals surface area contributed by atoms with Gasteiger partial charge in [-0.2, -0.15) is 5.06 Å². The lowest BCUT2D eigenvalue weighted by atomic mass is 10.3. The summed E-state index contributed by atoms with van der Waals surface area (Å²) in [5.41, 5.74) is 0.814. The van der Waals surface area contributed by atoms with Crippen LogP contribution in [0.2, 0.25) is 10.2 Å². The number of nitrogens with zero attached hydrogens (tertiary/aromatic N) is 2. The van der Waals surface area contributed by atoms with Gasteiger partial charge in [-0.1, -0.05) is 23.2 Å². The normalized spacial score (nSPS) is 10.8. The number of halogens is 2. The predicted molar refractivity (Wildman–Crippen MR) is 47.5 cm³/mol. The van der Waals surface area contributed by atoms with Crippen molar-refractivity contribution in [3.05, 3.63) is 28.0 Å². The van der Waals surface area contributed by atoms with Gasteiger partial charge in [-0.3, -0.25) is 0 Å². The van der Waals surface area contributed by atoms with E-state index in [4.69, 9.17) is 28.4 Å². The molecule has 0 aliphatic carbocycles. The minimum absolute atomic E-state index is 0.279. The molecule has 0 aliphatic rings. The molecule has 0 fully saturated rings. The Bertz CT molecular complexity index is 278. The molecule has 0 bridgehead atoms. The molecule has 66 valence electrons. The molecule has 3 nitrogen and oxygen atoms in total. The molecule has 0 saturated carbocycles. The van der Waals surface area contributed by atoms with E-state index in [1.54, 1.807) is 19.3 Å². The Morgan fingerprint density at radius 3 is 2.75 bits per heavy atom. The van der Waals surface area contributed by atoms with Crippen molar-refractivity contribution in [3.63, 3.8) is 0 Å². The Hall–Kier alpha value is -0.350. The van der Waals surface area contributed by atoms with Gasteiger partial charge < -0.3 is 5.21 Å². The minimum Gasteiger partial charge on any atom is -0.314 e. The van der Waals surface area contributed by atoms with Crippen LogP contribution in [0.3, 0.4) is 0 Å². The van der Waals surface area contributed by atoms with Crippen LogP contribution in [-0.4, -0.2) is 22.3 Å². The number of hydroxylamine groups is 2. The Labute approximate surface area is 80.5 Å². The number of aromatic nitrogens is 1. The molecule has 0 aromatic carbocycles. The molecule has 1 rings (SSSR count). The van der Waals surface area contributed by atoms with Gasteiger partial charge in [0.25, 0.3) is 0 Å². The predicted octanol–water partition coefficient (Wildman–Crippen LogP) is 2.21. The Morgan fingerprint density at radius 1 is 1.58 bits per heavy atom. The van der Waals surface area contributed by atoms with E-state index >= 15 is 0 Å². The number of hydrogen-bond donors (Lipinski definition) is 1. The highest BCUT2D eigenvalue weighted by Crippen LogP contribution is 2.19. The van der Waals surface area contributed by atoms with E-state index in [-0.39, 0.29) is 5.15 Å². The maximum Gasteiger partial charge on any atom is 0.147 e. The van der Waals surface area contributed by atoms with Crippen molar-refractivity contribution in [1.29, 1.82) is 0 Å². The first kappa shape index (κ1) is 9.74. The average molecular weight is 207 g/mol. The van der Waals surface area contributed by atoms with Crippen molar-refractivity contribution in [2.24, 2.45) is 0 Å². The second-order valence-electron chi connectivity index (χ2n) is 2.43. The second-order valence-corrected chi connectivity index (χ2v) is 3.20. The summed E-state index contributed by atoms with van der Waals surface area (Å²) >= 11 is 11.3. The molecule has 0 aliphatic heterocycles. The third kappa shape index (κ3) is 2.60. The number of rotatable bonds is 2. The summed E-state index contributed by atoms with van der Waals surface area (Å²) < 4.78 is 0. The van der Waals surface area contributed by atoms with E-state index in [0.717, 1.165) is 10.6 Å². The largest absolute Gasteiger partial charge is 0.314 e. The van der Waals surface area contributed by atoms with E-state index in [9.17, 15) is 0 Å². The first-order valence-corrected chi connectivity index (χ1v) is 4.05. The highest BCUT2D eigenvalue weighted by atomic mass is 35.5. The molecule has 0 unspecified atom stereocenters. The first-order chi connectivity index (χ1) is 5.59. The highest BCUT2D eigenvalue weighted by molar-refractivity contribution is 6.41. The lowest BCUT2D eigenvalue weighted by Crippen LogP contribution is -2.11. The Kier molecular flexibility index (Phi) is 3.29. The number of pyridine rings is 1. The topological polar surface area (TPSA) is 36.4 Å². The van der Waals surface area contributed by atoms with Crippen LogP contribution >= 0.6 is 23.2 Å². The SMILES string of the molecule is CN(O)Cc1cnc(Cl)c(Cl)c1. The third-order valence-corrected chi connectivity index (χ3v) is 1.95. The smallest absolute Gasteiger partial charge is 0.147 e. The molecule has 0 atom stereocenters. The monoisotopic (exact) mass is 206 g/mol. The molecule has 5 heteroatoms. The molecule has 0 amide bonds. The molecule has 1 heterocycles. The minimum atomic E-state index is 0.279. The fourth-order valence-corrected chi connectivity index (χ4v) is 1.10. The van der Waals surface area contributed by atoms with E-state index in [1.807, 2.05) is 0 Å². The average Bonchev–Trinajstić information content (AvgIpc) is 1.96. The molecule has 1 N–H and O–H groups in total. The third-order valence-electron chi connectivity index (χ3n) is 1.26. The van der Waals surface area contributed by atoms with Gasteiger partial charge in [0.1, 0.15) is 5.15 Å². The van der Waals surface area contributed by atoms with E-state index in [2.05, 4.69) is 4.98 Å². The molecule has 0 spiro atoms. The van der Waals surface area contributed by atoms with Crippen molar-refractivity contribution in [3.8, 4) is 0 Å². The Balaban J connectivity index is 2.82. The van der Waals surface area contributed by atoms with Gasteiger partial charge in [0.05, 0.1) is 11.6 Å². The van der Waals surface area contributed by atoms with Crippen molar-refractivity contribution in [2.75, 3.05) is 7.05 Å².